The van der Waals surface area contributed by atoms with Crippen LogP contribution in [-0.4, -0.2) is 42.9 Å². The fraction of sp³-hybridized carbons (Fsp3) is 0.667. The number of benzene rings is 1. The molecule has 0 fully saturated rings. The van der Waals surface area contributed by atoms with Gasteiger partial charge in [0.25, 0.3) is 0 Å². The molecule has 0 radical (unpaired) electrons. The zero-order valence-electron chi connectivity index (χ0n) is 14.4. The summed E-state index contributed by atoms with van der Waals surface area (Å²) >= 11 is 0. The molecule has 0 saturated carbocycles. The highest BCUT2D eigenvalue weighted by atomic mass is 16.5. The van der Waals surface area contributed by atoms with Crippen molar-refractivity contribution in [1.29, 1.82) is 0 Å². The molecule has 1 rings (SSSR count). The zero-order valence-corrected chi connectivity index (χ0v) is 14.4. The average molecular weight is 293 g/mol. The van der Waals surface area contributed by atoms with Crippen LogP contribution < -0.4 is 0 Å². The molecule has 3 nitrogen and oxygen atoms in total. The van der Waals surface area contributed by atoms with E-state index in [1.165, 1.54) is 16.7 Å². The van der Waals surface area contributed by atoms with Crippen LogP contribution in [0.15, 0.2) is 12.1 Å². The molecule has 2 atom stereocenters. The molecule has 3 heteroatoms. The van der Waals surface area contributed by atoms with E-state index in [0.29, 0.717) is 19.2 Å². The molecular weight excluding hydrogens is 262 g/mol. The van der Waals surface area contributed by atoms with Crippen LogP contribution in [0.25, 0.3) is 0 Å². The number of nitrogens with zero attached hydrogens (tertiary/aromatic N) is 1. The highest BCUT2D eigenvalue weighted by Crippen LogP contribution is 2.25. The van der Waals surface area contributed by atoms with Gasteiger partial charge in [-0.3, -0.25) is 4.90 Å². The van der Waals surface area contributed by atoms with Crippen LogP contribution in [0.2, 0.25) is 0 Å². The van der Waals surface area contributed by atoms with Crippen molar-refractivity contribution in [2.24, 2.45) is 0 Å². The Morgan fingerprint density at radius 2 is 1.76 bits per heavy atom. The number of ether oxygens (including phenoxy) is 1. The Hall–Kier alpha value is -0.900. The minimum absolute atomic E-state index is 0.445. The van der Waals surface area contributed by atoms with Crippen molar-refractivity contribution in [2.75, 3.05) is 26.8 Å². The van der Waals surface area contributed by atoms with Gasteiger partial charge in [-0.25, -0.2) is 0 Å². The largest absolute Gasteiger partial charge is 0.387 e. The van der Waals surface area contributed by atoms with Crippen molar-refractivity contribution >= 4 is 0 Å². The van der Waals surface area contributed by atoms with Crippen molar-refractivity contribution in [2.45, 2.75) is 53.2 Å². The second kappa shape index (κ2) is 8.52. The minimum Gasteiger partial charge on any atom is -0.387 e. The van der Waals surface area contributed by atoms with Gasteiger partial charge in [-0.1, -0.05) is 24.6 Å². The molecule has 0 heterocycles. The van der Waals surface area contributed by atoms with Crippen molar-refractivity contribution in [3.63, 3.8) is 0 Å². The molecule has 1 aromatic carbocycles. The summed E-state index contributed by atoms with van der Waals surface area (Å²) in [7, 11) is 1.72. The maximum atomic E-state index is 10.7. The number of methoxy groups -OCH3 is 1. The van der Waals surface area contributed by atoms with Gasteiger partial charge in [0.2, 0.25) is 0 Å². The van der Waals surface area contributed by atoms with Crippen LogP contribution in [0.3, 0.4) is 0 Å². The summed E-state index contributed by atoms with van der Waals surface area (Å²) in [4.78, 5) is 2.31. The van der Waals surface area contributed by atoms with E-state index >= 15 is 0 Å². The van der Waals surface area contributed by atoms with Gasteiger partial charge in [0, 0.05) is 26.2 Å². The van der Waals surface area contributed by atoms with Crippen LogP contribution in [0.4, 0.5) is 0 Å². The Morgan fingerprint density at radius 1 is 1.19 bits per heavy atom. The van der Waals surface area contributed by atoms with E-state index in [1.54, 1.807) is 7.11 Å². The number of aryl methyl sites for hydroxylation is 3. The average Bonchev–Trinajstić information content (AvgIpc) is 2.41. The molecule has 2 unspecified atom stereocenters. The first-order valence-corrected chi connectivity index (χ1v) is 7.89. The van der Waals surface area contributed by atoms with Gasteiger partial charge in [0.15, 0.2) is 0 Å². The molecule has 0 aliphatic heterocycles. The second-order valence-electron chi connectivity index (χ2n) is 6.07. The van der Waals surface area contributed by atoms with E-state index in [1.807, 2.05) is 0 Å². The molecule has 0 bridgehead atoms. The summed E-state index contributed by atoms with van der Waals surface area (Å²) in [5, 5.41) is 10.7. The van der Waals surface area contributed by atoms with Gasteiger partial charge in [-0.2, -0.15) is 0 Å². The summed E-state index contributed by atoms with van der Waals surface area (Å²) in [6, 6.07) is 4.74. The monoisotopic (exact) mass is 293 g/mol. The van der Waals surface area contributed by atoms with Gasteiger partial charge >= 0.3 is 0 Å². The fourth-order valence-corrected chi connectivity index (χ4v) is 2.99. The van der Waals surface area contributed by atoms with Gasteiger partial charge in [-0.05, 0) is 50.8 Å². The maximum absolute atomic E-state index is 10.7. The molecule has 0 aliphatic rings. The Morgan fingerprint density at radius 3 is 2.24 bits per heavy atom. The van der Waals surface area contributed by atoms with Gasteiger partial charge in [-0.15, -0.1) is 0 Å². The second-order valence-corrected chi connectivity index (χ2v) is 6.07. The number of hydrogen-bond acceptors (Lipinski definition) is 3. The molecule has 1 N–H and O–H groups in total. The molecule has 0 aromatic heterocycles. The van der Waals surface area contributed by atoms with Gasteiger partial charge < -0.3 is 9.84 Å². The summed E-state index contributed by atoms with van der Waals surface area (Å²) in [6.07, 6.45) is 0.624. The fourth-order valence-electron chi connectivity index (χ4n) is 2.99. The molecule has 0 spiro atoms. The topological polar surface area (TPSA) is 32.7 Å². The summed E-state index contributed by atoms with van der Waals surface area (Å²) in [6.45, 7) is 12.9. The summed E-state index contributed by atoms with van der Waals surface area (Å²) in [5.74, 6) is 0. The van der Waals surface area contributed by atoms with E-state index in [-0.39, 0.29) is 0 Å². The van der Waals surface area contributed by atoms with Crippen LogP contribution >= 0.6 is 0 Å². The highest BCUT2D eigenvalue weighted by molar-refractivity contribution is 5.39. The Bertz CT molecular complexity index is 422. The number of aliphatic hydroxyl groups is 1. The first kappa shape index (κ1) is 18.1. The maximum Gasteiger partial charge on any atom is 0.0922 e. The first-order chi connectivity index (χ1) is 9.90. The molecule has 1 aromatic rings. The standard InChI is InChI=1S/C18H31NO2/c1-7-16(5)19(8-9-21-6)12-17(20)18-14(3)10-13(2)11-15(18)4/h10-11,16-17,20H,7-9,12H2,1-6H3. The molecule has 0 amide bonds. The van der Waals surface area contributed by atoms with Crippen LogP contribution in [0.1, 0.15) is 48.6 Å². The van der Waals surface area contributed by atoms with E-state index in [0.717, 1.165) is 18.5 Å². The van der Waals surface area contributed by atoms with Crippen molar-refractivity contribution < 1.29 is 9.84 Å². The van der Waals surface area contributed by atoms with Crippen LogP contribution in [0, 0.1) is 20.8 Å². The molecule has 120 valence electrons. The lowest BCUT2D eigenvalue weighted by atomic mass is 9.95. The number of aliphatic hydroxyl groups excluding tert-OH is 1. The molecule has 0 saturated heterocycles. The Kier molecular flexibility index (Phi) is 7.36. The van der Waals surface area contributed by atoms with E-state index in [2.05, 4.69) is 51.7 Å². The summed E-state index contributed by atoms with van der Waals surface area (Å²) in [5.41, 5.74) is 4.68. The zero-order chi connectivity index (χ0) is 16.0. The Labute approximate surface area is 129 Å². The molecule has 0 aliphatic carbocycles. The van der Waals surface area contributed by atoms with E-state index in [4.69, 9.17) is 4.74 Å². The number of hydrogen-bond donors (Lipinski definition) is 1. The first-order valence-electron chi connectivity index (χ1n) is 7.89. The third-order valence-electron chi connectivity index (χ3n) is 4.28. The minimum atomic E-state index is -0.448. The van der Waals surface area contributed by atoms with Crippen LogP contribution in [-0.2, 0) is 4.74 Å². The van der Waals surface area contributed by atoms with Crippen molar-refractivity contribution in [3.05, 3.63) is 34.4 Å². The number of rotatable bonds is 8. The lowest BCUT2D eigenvalue weighted by molar-refractivity contribution is 0.0662. The van der Waals surface area contributed by atoms with Crippen LogP contribution in [0.5, 0.6) is 0 Å². The molecule has 21 heavy (non-hydrogen) atoms. The van der Waals surface area contributed by atoms with Crippen molar-refractivity contribution in [1.82, 2.24) is 4.90 Å². The predicted molar refractivity (Wildman–Crippen MR) is 88.8 cm³/mol. The van der Waals surface area contributed by atoms with E-state index in [9.17, 15) is 5.11 Å². The predicted octanol–water partition coefficient (Wildman–Crippen LogP) is 3.39. The summed E-state index contributed by atoms with van der Waals surface area (Å²) < 4.78 is 5.19. The normalized spacial score (nSPS) is 14.5. The quantitative estimate of drug-likeness (QED) is 0.797. The smallest absolute Gasteiger partial charge is 0.0922 e. The van der Waals surface area contributed by atoms with E-state index < -0.39 is 6.10 Å². The van der Waals surface area contributed by atoms with Crippen molar-refractivity contribution in [3.8, 4) is 0 Å². The van der Waals surface area contributed by atoms with Gasteiger partial charge in [0.1, 0.15) is 0 Å². The highest BCUT2D eigenvalue weighted by Gasteiger charge is 2.20. The lowest BCUT2D eigenvalue weighted by Gasteiger charge is -2.31. The Balaban J connectivity index is 2.88. The lowest BCUT2D eigenvalue weighted by Crippen LogP contribution is -2.38. The SMILES string of the molecule is CCC(C)N(CCOC)CC(O)c1c(C)cc(C)cc1C. The molecular formula is C18H31NO2. The van der Waals surface area contributed by atoms with Gasteiger partial charge in [0.05, 0.1) is 12.7 Å². The third kappa shape index (κ3) is 5.10. The third-order valence-corrected chi connectivity index (χ3v) is 4.28.